The Labute approximate surface area is 68.9 Å². The highest BCUT2D eigenvalue weighted by molar-refractivity contribution is 5.97. The molecule has 0 radical (unpaired) electrons. The molecule has 0 saturated heterocycles. The molecule has 0 fully saturated rings. The Balaban J connectivity index is 4.10. The lowest BCUT2D eigenvalue weighted by atomic mass is 10.2. The summed E-state index contributed by atoms with van der Waals surface area (Å²) < 4.78 is 0. The Morgan fingerprint density at radius 1 is 1.45 bits per heavy atom. The van der Waals surface area contributed by atoms with Crippen LogP contribution in [-0.4, -0.2) is 11.9 Å². The lowest BCUT2D eigenvalue weighted by Crippen LogP contribution is -2.13. The van der Waals surface area contributed by atoms with Gasteiger partial charge in [0.25, 0.3) is 0 Å². The van der Waals surface area contributed by atoms with Crippen LogP contribution < -0.4 is 5.73 Å². The molecule has 0 heterocycles. The molecular formula is C9H16N2. The lowest BCUT2D eigenvalue weighted by Gasteiger charge is -2.04. The van der Waals surface area contributed by atoms with Gasteiger partial charge < -0.3 is 5.73 Å². The van der Waals surface area contributed by atoms with Gasteiger partial charge in [0, 0.05) is 0 Å². The Kier molecular flexibility index (Phi) is 5.28. The van der Waals surface area contributed by atoms with Gasteiger partial charge >= 0.3 is 0 Å². The summed E-state index contributed by atoms with van der Waals surface area (Å²) in [6.45, 7) is 5.96. The van der Waals surface area contributed by atoms with Crippen LogP contribution in [0.3, 0.4) is 0 Å². The SMILES string of the molecule is CC#CC(N)=NC(CC)CC. The number of amidine groups is 1. The fourth-order valence-corrected chi connectivity index (χ4v) is 0.828. The Morgan fingerprint density at radius 2 is 2.00 bits per heavy atom. The van der Waals surface area contributed by atoms with Crippen LogP contribution in [0, 0.1) is 11.8 Å². The first-order chi connectivity index (χ1) is 5.24. The van der Waals surface area contributed by atoms with Crippen LogP contribution in [0.4, 0.5) is 0 Å². The molecule has 0 amide bonds. The molecule has 0 bridgehead atoms. The van der Waals surface area contributed by atoms with E-state index in [0.29, 0.717) is 11.9 Å². The third-order valence-corrected chi connectivity index (χ3v) is 1.52. The van der Waals surface area contributed by atoms with Gasteiger partial charge in [-0.15, -0.1) is 0 Å². The van der Waals surface area contributed by atoms with Gasteiger partial charge in [-0.2, -0.15) is 0 Å². The molecule has 0 aliphatic heterocycles. The zero-order chi connectivity index (χ0) is 8.69. The third-order valence-electron chi connectivity index (χ3n) is 1.52. The zero-order valence-corrected chi connectivity index (χ0v) is 7.52. The van der Waals surface area contributed by atoms with Crippen molar-refractivity contribution in [3.05, 3.63) is 0 Å². The molecule has 2 nitrogen and oxygen atoms in total. The fourth-order valence-electron chi connectivity index (χ4n) is 0.828. The number of rotatable bonds is 3. The smallest absolute Gasteiger partial charge is 0.171 e. The second-order valence-electron chi connectivity index (χ2n) is 2.36. The molecule has 62 valence electrons. The van der Waals surface area contributed by atoms with Crippen LogP contribution in [0.15, 0.2) is 4.99 Å². The van der Waals surface area contributed by atoms with Crippen molar-refractivity contribution in [3.8, 4) is 11.8 Å². The quantitative estimate of drug-likeness (QED) is 0.372. The molecule has 0 aromatic carbocycles. The van der Waals surface area contributed by atoms with E-state index in [1.165, 1.54) is 0 Å². The molecule has 0 aromatic rings. The minimum absolute atomic E-state index is 0.343. The standard InChI is InChI=1S/C9H16N2/c1-4-7-9(10)11-8(5-2)6-3/h8H,5-6H2,1-3H3,(H2,10,11). The van der Waals surface area contributed by atoms with E-state index in [1.54, 1.807) is 6.92 Å². The molecule has 0 atom stereocenters. The first-order valence-corrected chi connectivity index (χ1v) is 4.00. The van der Waals surface area contributed by atoms with E-state index in [9.17, 15) is 0 Å². The second-order valence-corrected chi connectivity index (χ2v) is 2.36. The van der Waals surface area contributed by atoms with Gasteiger partial charge in [-0.05, 0) is 25.7 Å². The Morgan fingerprint density at radius 3 is 2.36 bits per heavy atom. The van der Waals surface area contributed by atoms with E-state index in [-0.39, 0.29) is 0 Å². The van der Waals surface area contributed by atoms with E-state index in [0.717, 1.165) is 12.8 Å². The summed E-state index contributed by atoms with van der Waals surface area (Å²) in [5, 5.41) is 0. The minimum atomic E-state index is 0.343. The normalized spacial score (nSPS) is 11.1. The maximum absolute atomic E-state index is 5.51. The van der Waals surface area contributed by atoms with Gasteiger partial charge in [-0.1, -0.05) is 19.8 Å². The number of nitrogens with zero attached hydrogens (tertiary/aromatic N) is 1. The van der Waals surface area contributed by atoms with E-state index < -0.39 is 0 Å². The maximum Gasteiger partial charge on any atom is 0.171 e. The van der Waals surface area contributed by atoms with E-state index in [2.05, 4.69) is 30.7 Å². The van der Waals surface area contributed by atoms with Gasteiger partial charge in [0.1, 0.15) is 0 Å². The molecule has 0 aromatic heterocycles. The van der Waals surface area contributed by atoms with Crippen LogP contribution in [0.2, 0.25) is 0 Å². The minimum Gasteiger partial charge on any atom is -0.377 e. The number of hydrogen-bond acceptors (Lipinski definition) is 1. The highest BCUT2D eigenvalue weighted by Crippen LogP contribution is 2.00. The van der Waals surface area contributed by atoms with Gasteiger partial charge in [-0.3, -0.25) is 4.99 Å². The van der Waals surface area contributed by atoms with E-state index in [1.807, 2.05) is 0 Å². The third kappa shape index (κ3) is 4.44. The summed E-state index contributed by atoms with van der Waals surface area (Å²) in [5.74, 6) is 5.90. The van der Waals surface area contributed by atoms with Crippen molar-refractivity contribution in [1.29, 1.82) is 0 Å². The molecule has 2 N–H and O–H groups in total. The van der Waals surface area contributed by atoms with Crippen molar-refractivity contribution in [2.24, 2.45) is 10.7 Å². The molecule has 0 aliphatic carbocycles. The summed E-state index contributed by atoms with van der Waals surface area (Å²) in [7, 11) is 0. The zero-order valence-electron chi connectivity index (χ0n) is 7.52. The predicted octanol–water partition coefficient (Wildman–Crippen LogP) is 1.56. The summed E-state index contributed by atoms with van der Waals surface area (Å²) in [5.41, 5.74) is 5.51. The Bertz CT molecular complexity index is 179. The van der Waals surface area contributed by atoms with Crippen LogP contribution in [0.25, 0.3) is 0 Å². The van der Waals surface area contributed by atoms with E-state index >= 15 is 0 Å². The molecule has 0 rings (SSSR count). The molecule has 0 aliphatic rings. The second kappa shape index (κ2) is 5.79. The van der Waals surface area contributed by atoms with Crippen molar-refractivity contribution >= 4 is 5.84 Å². The van der Waals surface area contributed by atoms with Crippen molar-refractivity contribution in [3.63, 3.8) is 0 Å². The number of nitrogens with two attached hydrogens (primary N) is 1. The average Bonchev–Trinajstić information content (AvgIpc) is 2.01. The van der Waals surface area contributed by atoms with E-state index in [4.69, 9.17) is 5.73 Å². The lowest BCUT2D eigenvalue weighted by molar-refractivity contribution is 0.632. The molecular weight excluding hydrogens is 136 g/mol. The topological polar surface area (TPSA) is 38.4 Å². The first-order valence-electron chi connectivity index (χ1n) is 4.00. The van der Waals surface area contributed by atoms with Crippen molar-refractivity contribution in [1.82, 2.24) is 0 Å². The fraction of sp³-hybridized carbons (Fsp3) is 0.667. The van der Waals surface area contributed by atoms with Gasteiger partial charge in [0.15, 0.2) is 5.84 Å². The summed E-state index contributed by atoms with van der Waals surface area (Å²) in [4.78, 5) is 4.22. The predicted molar refractivity (Wildman–Crippen MR) is 49.4 cm³/mol. The molecule has 0 unspecified atom stereocenters. The Hall–Kier alpha value is -0.970. The summed E-state index contributed by atoms with van der Waals surface area (Å²) >= 11 is 0. The summed E-state index contributed by atoms with van der Waals surface area (Å²) in [6.07, 6.45) is 2.06. The highest BCUT2D eigenvalue weighted by atomic mass is 14.9. The van der Waals surface area contributed by atoms with Gasteiger partial charge in [-0.25, -0.2) is 0 Å². The highest BCUT2D eigenvalue weighted by Gasteiger charge is 1.98. The van der Waals surface area contributed by atoms with Crippen LogP contribution >= 0.6 is 0 Å². The van der Waals surface area contributed by atoms with Crippen molar-refractivity contribution in [2.45, 2.75) is 39.7 Å². The summed E-state index contributed by atoms with van der Waals surface area (Å²) in [6, 6.07) is 0.343. The largest absolute Gasteiger partial charge is 0.377 e. The van der Waals surface area contributed by atoms with Crippen LogP contribution in [0.1, 0.15) is 33.6 Å². The number of aliphatic imine (C=N–C) groups is 1. The van der Waals surface area contributed by atoms with Gasteiger partial charge in [0.05, 0.1) is 6.04 Å². The molecule has 0 spiro atoms. The molecule has 11 heavy (non-hydrogen) atoms. The molecule has 2 heteroatoms. The van der Waals surface area contributed by atoms with Crippen LogP contribution in [0.5, 0.6) is 0 Å². The number of hydrogen-bond donors (Lipinski definition) is 1. The van der Waals surface area contributed by atoms with Gasteiger partial charge in [0.2, 0.25) is 0 Å². The molecule has 0 saturated carbocycles. The van der Waals surface area contributed by atoms with Crippen LogP contribution in [-0.2, 0) is 0 Å². The first kappa shape index (κ1) is 10.0. The maximum atomic E-state index is 5.51. The monoisotopic (exact) mass is 152 g/mol. The van der Waals surface area contributed by atoms with Crippen molar-refractivity contribution < 1.29 is 0 Å². The van der Waals surface area contributed by atoms with Crippen molar-refractivity contribution in [2.75, 3.05) is 0 Å². The average molecular weight is 152 g/mol.